The first-order valence-corrected chi connectivity index (χ1v) is 5.57. The van der Waals surface area contributed by atoms with Crippen molar-refractivity contribution in [1.29, 1.82) is 0 Å². The normalized spacial score (nSPS) is 15.7. The number of hydrogen-bond acceptors (Lipinski definition) is 1. The average Bonchev–Trinajstić information content (AvgIpc) is 2.25. The monoisotopic (exact) mass is 287 g/mol. The summed E-state index contributed by atoms with van der Waals surface area (Å²) in [7, 11) is 0. The third-order valence-corrected chi connectivity index (χ3v) is 2.88. The fraction of sp³-hybridized carbons (Fsp3) is 0.286. The fourth-order valence-electron chi connectivity index (χ4n) is 1.73. The van der Waals surface area contributed by atoms with Gasteiger partial charge in [0, 0.05) is 24.6 Å². The Morgan fingerprint density at radius 2 is 2.00 bits per heavy atom. The molecular weight excluding hydrogens is 275 g/mol. The van der Waals surface area contributed by atoms with Gasteiger partial charge in [0.25, 0.3) is 0 Å². The maximum absolute atomic E-state index is 12.6. The fourth-order valence-corrected chi connectivity index (χ4v) is 1.73. The molecule has 0 radical (unpaired) electrons. The molecule has 1 aromatic carbocycles. The Bertz CT molecular complexity index is 510. The highest BCUT2D eigenvalue weighted by Gasteiger charge is 2.32. The van der Waals surface area contributed by atoms with Gasteiger partial charge in [0.1, 0.15) is 0 Å². The minimum Gasteiger partial charge on any atom is -0.315 e. The van der Waals surface area contributed by atoms with Crippen LogP contribution in [0.5, 0.6) is 0 Å². The van der Waals surface area contributed by atoms with Crippen LogP contribution in [0.25, 0.3) is 6.08 Å². The third-order valence-electron chi connectivity index (χ3n) is 2.88. The SMILES string of the molecule is C#Cc1cc(/C=C/C2CNC2)ccc1C(F)(F)F.Cl. The molecule has 1 N–H and O–H groups in total. The second-order valence-electron chi connectivity index (χ2n) is 4.22. The van der Waals surface area contributed by atoms with Crippen molar-refractivity contribution in [2.75, 3.05) is 13.1 Å². The molecule has 1 heterocycles. The molecule has 0 aliphatic carbocycles. The van der Waals surface area contributed by atoms with Gasteiger partial charge >= 0.3 is 6.18 Å². The maximum Gasteiger partial charge on any atom is 0.417 e. The Hall–Kier alpha value is -1.44. The number of alkyl halides is 3. The average molecular weight is 288 g/mol. The molecule has 1 saturated heterocycles. The van der Waals surface area contributed by atoms with E-state index in [4.69, 9.17) is 6.42 Å². The summed E-state index contributed by atoms with van der Waals surface area (Å²) in [6.45, 7) is 1.83. The second-order valence-corrected chi connectivity index (χ2v) is 4.22. The minimum absolute atomic E-state index is 0. The summed E-state index contributed by atoms with van der Waals surface area (Å²) >= 11 is 0. The summed E-state index contributed by atoms with van der Waals surface area (Å²) in [5, 5.41) is 3.12. The van der Waals surface area contributed by atoms with Crippen molar-refractivity contribution in [2.45, 2.75) is 6.18 Å². The van der Waals surface area contributed by atoms with Crippen molar-refractivity contribution >= 4 is 18.5 Å². The molecule has 2 rings (SSSR count). The highest BCUT2D eigenvalue weighted by molar-refractivity contribution is 5.85. The van der Waals surface area contributed by atoms with Crippen LogP contribution in [-0.4, -0.2) is 13.1 Å². The number of halogens is 4. The molecule has 1 aliphatic rings. The van der Waals surface area contributed by atoms with Gasteiger partial charge < -0.3 is 5.32 Å². The van der Waals surface area contributed by atoms with E-state index in [1.165, 1.54) is 12.1 Å². The lowest BCUT2D eigenvalue weighted by Crippen LogP contribution is -2.40. The van der Waals surface area contributed by atoms with Crippen molar-refractivity contribution < 1.29 is 13.2 Å². The van der Waals surface area contributed by atoms with Gasteiger partial charge in [-0.1, -0.05) is 24.1 Å². The van der Waals surface area contributed by atoms with E-state index in [1.807, 2.05) is 12.2 Å². The van der Waals surface area contributed by atoms with Crippen LogP contribution in [-0.2, 0) is 6.18 Å². The van der Waals surface area contributed by atoms with E-state index in [1.54, 1.807) is 0 Å². The van der Waals surface area contributed by atoms with Crippen molar-refractivity contribution in [3.8, 4) is 12.3 Å². The lowest BCUT2D eigenvalue weighted by Gasteiger charge is -2.23. The summed E-state index contributed by atoms with van der Waals surface area (Å²) in [5.41, 5.74) is -0.174. The van der Waals surface area contributed by atoms with E-state index in [2.05, 4.69) is 11.2 Å². The lowest BCUT2D eigenvalue weighted by atomic mass is 9.99. The molecule has 0 spiro atoms. The predicted octanol–water partition coefficient (Wildman–Crippen LogP) is 3.34. The summed E-state index contributed by atoms with van der Waals surface area (Å²) in [4.78, 5) is 0. The van der Waals surface area contributed by atoms with Gasteiger partial charge in [-0.3, -0.25) is 0 Å². The molecule has 1 nitrogen and oxygen atoms in total. The van der Waals surface area contributed by atoms with E-state index in [0.717, 1.165) is 19.2 Å². The van der Waals surface area contributed by atoms with Crippen LogP contribution in [0.2, 0.25) is 0 Å². The number of terminal acetylenes is 1. The van der Waals surface area contributed by atoms with Gasteiger partial charge in [0.2, 0.25) is 0 Å². The van der Waals surface area contributed by atoms with Crippen LogP contribution in [0.15, 0.2) is 24.3 Å². The van der Waals surface area contributed by atoms with Crippen LogP contribution in [0.4, 0.5) is 13.2 Å². The standard InChI is InChI=1S/C14H12F3N.ClH/c1-2-12-7-10(3-4-11-8-18-9-11)5-6-13(12)14(15,16)17;/h1,3-7,11,18H,8-9H2;1H/b4-3+;. The molecule has 0 atom stereocenters. The quantitative estimate of drug-likeness (QED) is 0.823. The first kappa shape index (κ1) is 15.6. The molecule has 1 fully saturated rings. The zero-order valence-electron chi connectivity index (χ0n) is 10.00. The van der Waals surface area contributed by atoms with Crippen molar-refractivity contribution in [2.24, 2.45) is 5.92 Å². The molecule has 19 heavy (non-hydrogen) atoms. The smallest absolute Gasteiger partial charge is 0.315 e. The van der Waals surface area contributed by atoms with E-state index in [-0.39, 0.29) is 18.0 Å². The van der Waals surface area contributed by atoms with Crippen LogP contribution in [0.1, 0.15) is 16.7 Å². The molecule has 5 heteroatoms. The molecule has 0 amide bonds. The highest BCUT2D eigenvalue weighted by atomic mass is 35.5. The molecule has 102 valence electrons. The largest absolute Gasteiger partial charge is 0.417 e. The Morgan fingerprint density at radius 3 is 2.47 bits per heavy atom. The molecule has 1 aliphatic heterocycles. The van der Waals surface area contributed by atoms with Crippen LogP contribution >= 0.6 is 12.4 Å². The molecule has 0 aromatic heterocycles. The van der Waals surface area contributed by atoms with Gasteiger partial charge in [0.05, 0.1) is 5.56 Å². The topological polar surface area (TPSA) is 12.0 Å². The van der Waals surface area contributed by atoms with Crippen LogP contribution < -0.4 is 5.32 Å². The van der Waals surface area contributed by atoms with Crippen LogP contribution in [0, 0.1) is 18.3 Å². The van der Waals surface area contributed by atoms with E-state index in [9.17, 15) is 13.2 Å². The summed E-state index contributed by atoms with van der Waals surface area (Å²) in [6, 6.07) is 3.87. The zero-order chi connectivity index (χ0) is 13.2. The first-order chi connectivity index (χ1) is 8.50. The highest BCUT2D eigenvalue weighted by Crippen LogP contribution is 2.32. The van der Waals surface area contributed by atoms with Crippen LogP contribution in [0.3, 0.4) is 0 Å². The van der Waals surface area contributed by atoms with Gasteiger partial charge in [-0.05, 0) is 17.7 Å². The maximum atomic E-state index is 12.6. The van der Waals surface area contributed by atoms with E-state index < -0.39 is 11.7 Å². The molecular formula is C14H13ClF3N. The Morgan fingerprint density at radius 1 is 1.32 bits per heavy atom. The summed E-state index contributed by atoms with van der Waals surface area (Å²) < 4.78 is 37.9. The lowest BCUT2D eigenvalue weighted by molar-refractivity contribution is -0.137. The van der Waals surface area contributed by atoms with Gasteiger partial charge in [-0.2, -0.15) is 13.2 Å². The molecule has 0 saturated carbocycles. The van der Waals surface area contributed by atoms with Gasteiger partial charge in [0.15, 0.2) is 0 Å². The number of rotatable bonds is 2. The van der Waals surface area contributed by atoms with Gasteiger partial charge in [-0.25, -0.2) is 0 Å². The number of nitrogens with one attached hydrogen (secondary N) is 1. The molecule has 1 aromatic rings. The molecule has 0 unspecified atom stereocenters. The Labute approximate surface area is 116 Å². The zero-order valence-corrected chi connectivity index (χ0v) is 10.8. The Kier molecular flexibility index (Phi) is 5.04. The Balaban J connectivity index is 0.00000180. The van der Waals surface area contributed by atoms with Crippen molar-refractivity contribution in [3.63, 3.8) is 0 Å². The summed E-state index contributed by atoms with van der Waals surface area (Å²) in [6.07, 6.45) is 4.52. The first-order valence-electron chi connectivity index (χ1n) is 5.57. The minimum atomic E-state index is -4.40. The predicted molar refractivity (Wildman–Crippen MR) is 72.0 cm³/mol. The third kappa shape index (κ3) is 3.76. The second kappa shape index (κ2) is 6.14. The summed E-state index contributed by atoms with van der Waals surface area (Å²) in [5.74, 6) is 2.55. The van der Waals surface area contributed by atoms with E-state index >= 15 is 0 Å². The van der Waals surface area contributed by atoms with E-state index in [0.29, 0.717) is 11.5 Å². The molecule has 0 bridgehead atoms. The van der Waals surface area contributed by atoms with Crippen molar-refractivity contribution in [1.82, 2.24) is 5.32 Å². The van der Waals surface area contributed by atoms with Gasteiger partial charge in [-0.15, -0.1) is 18.8 Å². The van der Waals surface area contributed by atoms with Crippen molar-refractivity contribution in [3.05, 3.63) is 41.0 Å². The number of benzene rings is 1. The number of hydrogen-bond donors (Lipinski definition) is 1.